The predicted octanol–water partition coefficient (Wildman–Crippen LogP) is 2.35. The highest BCUT2D eigenvalue weighted by Crippen LogP contribution is 2.21. The third-order valence-electron chi connectivity index (χ3n) is 7.02. The van der Waals surface area contributed by atoms with Crippen molar-refractivity contribution >= 4 is 69.7 Å². The van der Waals surface area contributed by atoms with Gasteiger partial charge >= 0.3 is 0 Å². The third-order valence-corrected chi connectivity index (χ3v) is 7.19. The number of nitrogens with one attached hydrogen (secondary N) is 5. The highest BCUT2D eigenvalue weighted by Gasteiger charge is 2.20. The first-order valence-corrected chi connectivity index (χ1v) is 14.5. The number of amides is 5. The van der Waals surface area contributed by atoms with Crippen molar-refractivity contribution in [1.82, 2.24) is 23.6 Å². The second-order valence-electron chi connectivity index (χ2n) is 10.7. The van der Waals surface area contributed by atoms with Crippen molar-refractivity contribution in [2.24, 2.45) is 39.1 Å². The zero-order valence-electron chi connectivity index (χ0n) is 26.4. The van der Waals surface area contributed by atoms with Gasteiger partial charge in [0.25, 0.3) is 29.5 Å². The molecule has 5 amide bonds. The van der Waals surface area contributed by atoms with E-state index in [1.54, 1.807) is 51.3 Å². The number of carbonyl (C=O) groups is 5. The Morgan fingerprint density at radius 3 is 1.35 bits per heavy atom. The summed E-state index contributed by atoms with van der Waals surface area (Å²) in [5, 5.41) is 24.7. The third kappa shape index (κ3) is 8.13. The first-order valence-electron chi connectivity index (χ1n) is 14.2. The lowest BCUT2D eigenvalue weighted by atomic mass is 10.3. The molecule has 0 atom stereocenters. The molecule has 8 N–H and O–H groups in total. The molecule has 0 saturated carbocycles. The molecule has 4 aromatic rings. The second kappa shape index (κ2) is 14.5. The topological polar surface area (TPSA) is 224 Å². The number of rotatable bonds is 12. The number of aryl methyl sites for hydroxylation is 4. The van der Waals surface area contributed by atoms with Crippen molar-refractivity contribution in [3.63, 3.8) is 0 Å². The van der Waals surface area contributed by atoms with Crippen molar-refractivity contribution < 1.29 is 29.2 Å². The summed E-state index contributed by atoms with van der Waals surface area (Å²) in [6.07, 6.45) is 6.40. The highest BCUT2D eigenvalue weighted by atomic mass is 35.5. The van der Waals surface area contributed by atoms with Gasteiger partial charge < -0.3 is 55.8 Å². The number of amidine groups is 1. The van der Waals surface area contributed by atoms with Crippen LogP contribution in [0.1, 0.15) is 48.4 Å². The zero-order valence-corrected chi connectivity index (χ0v) is 27.2. The average Bonchev–Trinajstić information content (AvgIpc) is 3.78. The largest absolute Gasteiger partial charge is 0.409 e. The Kier molecular flexibility index (Phi) is 10.4. The van der Waals surface area contributed by atoms with Crippen molar-refractivity contribution in [1.29, 1.82) is 0 Å². The average molecular weight is 680 g/mol. The molecule has 4 heterocycles. The van der Waals surface area contributed by atoms with Gasteiger partial charge in [-0.05, 0) is 24.3 Å². The molecule has 4 rings (SSSR count). The molecule has 0 unspecified atom stereocenters. The van der Waals surface area contributed by atoms with Crippen LogP contribution in [0.3, 0.4) is 0 Å². The molecule has 0 fully saturated rings. The summed E-state index contributed by atoms with van der Waals surface area (Å²) in [5.41, 5.74) is 7.79. The van der Waals surface area contributed by atoms with E-state index in [-0.39, 0.29) is 46.6 Å². The fourth-order valence-electron chi connectivity index (χ4n) is 4.66. The monoisotopic (exact) mass is 679 g/mol. The fourth-order valence-corrected chi connectivity index (χ4v) is 4.71. The van der Waals surface area contributed by atoms with Gasteiger partial charge in [0, 0.05) is 65.9 Å². The number of anilines is 4. The molecule has 0 aliphatic carbocycles. The van der Waals surface area contributed by atoms with Gasteiger partial charge in [-0.2, -0.15) is 0 Å². The second-order valence-corrected chi connectivity index (χ2v) is 11.2. The Balaban J connectivity index is 1.38. The van der Waals surface area contributed by atoms with E-state index in [1.807, 2.05) is 0 Å². The SMILES string of the molecule is C=C(Cl)C(=O)Nc1cc(C(=O)Nc2cc(C(=O)Nc3cc(C(=O)Nc4cc(C(=O)NCCC(N)=NO)n(C)c4)n(C)c3)n(C)c2)n(C)c1. The number of nitrogens with two attached hydrogens (primary N) is 1. The van der Waals surface area contributed by atoms with Gasteiger partial charge in [0.15, 0.2) is 0 Å². The van der Waals surface area contributed by atoms with Crippen molar-refractivity contribution in [3.8, 4) is 0 Å². The van der Waals surface area contributed by atoms with Crippen LogP contribution in [0, 0.1) is 0 Å². The van der Waals surface area contributed by atoms with Crippen LogP contribution in [0.4, 0.5) is 22.7 Å². The minimum Gasteiger partial charge on any atom is -0.409 e. The molecular weight excluding hydrogens is 646 g/mol. The Bertz CT molecular complexity index is 1960. The lowest BCUT2D eigenvalue weighted by molar-refractivity contribution is -0.112. The van der Waals surface area contributed by atoms with Gasteiger partial charge in [0.2, 0.25) is 0 Å². The molecule has 18 heteroatoms. The Morgan fingerprint density at radius 1 is 0.688 bits per heavy atom. The maximum atomic E-state index is 13.2. The number of hydrogen-bond donors (Lipinski definition) is 7. The Morgan fingerprint density at radius 2 is 1.02 bits per heavy atom. The molecule has 17 nitrogen and oxygen atoms in total. The summed E-state index contributed by atoms with van der Waals surface area (Å²) in [6, 6.07) is 5.95. The van der Waals surface area contributed by atoms with E-state index < -0.39 is 29.5 Å². The summed E-state index contributed by atoms with van der Waals surface area (Å²) in [5.74, 6) is -2.49. The van der Waals surface area contributed by atoms with E-state index in [4.69, 9.17) is 22.5 Å². The number of halogens is 1. The van der Waals surface area contributed by atoms with Crippen molar-refractivity contribution in [2.75, 3.05) is 27.8 Å². The number of carbonyl (C=O) groups excluding carboxylic acids is 5. The predicted molar refractivity (Wildman–Crippen MR) is 179 cm³/mol. The van der Waals surface area contributed by atoms with Crippen LogP contribution in [0.5, 0.6) is 0 Å². The van der Waals surface area contributed by atoms with Crippen LogP contribution in [0.2, 0.25) is 0 Å². The molecule has 0 radical (unpaired) electrons. The van der Waals surface area contributed by atoms with Gasteiger partial charge in [-0.25, -0.2) is 0 Å². The molecule has 0 aliphatic heterocycles. The van der Waals surface area contributed by atoms with E-state index in [2.05, 4.69) is 38.3 Å². The maximum absolute atomic E-state index is 13.2. The van der Waals surface area contributed by atoms with Crippen LogP contribution in [0.15, 0.2) is 65.8 Å². The number of hydrogen-bond acceptors (Lipinski definition) is 7. The molecule has 0 spiro atoms. The summed E-state index contributed by atoms with van der Waals surface area (Å²) in [7, 11) is 6.55. The number of oxime groups is 1. The van der Waals surface area contributed by atoms with Crippen LogP contribution in [0.25, 0.3) is 0 Å². The van der Waals surface area contributed by atoms with Crippen LogP contribution in [-0.2, 0) is 33.0 Å². The van der Waals surface area contributed by atoms with Gasteiger partial charge in [-0.1, -0.05) is 23.3 Å². The van der Waals surface area contributed by atoms with Gasteiger partial charge in [0.05, 0.1) is 27.8 Å². The summed E-state index contributed by atoms with van der Waals surface area (Å²) in [6.45, 7) is 3.52. The van der Waals surface area contributed by atoms with E-state index >= 15 is 0 Å². The highest BCUT2D eigenvalue weighted by molar-refractivity contribution is 6.43. The smallest absolute Gasteiger partial charge is 0.272 e. The Hall–Kier alpha value is -6.23. The van der Waals surface area contributed by atoms with E-state index in [1.165, 1.54) is 44.2 Å². The lowest BCUT2D eigenvalue weighted by Crippen LogP contribution is -2.29. The Labute approximate surface area is 279 Å². The molecule has 0 aliphatic rings. The van der Waals surface area contributed by atoms with Crippen LogP contribution in [-0.4, -0.2) is 65.4 Å². The van der Waals surface area contributed by atoms with Gasteiger partial charge in [0.1, 0.15) is 28.6 Å². The molecular formula is C30H34ClN11O6. The summed E-state index contributed by atoms with van der Waals surface area (Å²) >= 11 is 5.61. The summed E-state index contributed by atoms with van der Waals surface area (Å²) in [4.78, 5) is 63.5. The van der Waals surface area contributed by atoms with E-state index in [0.29, 0.717) is 22.7 Å². The normalized spacial score (nSPS) is 11.1. The van der Waals surface area contributed by atoms with Crippen molar-refractivity contribution in [2.45, 2.75) is 6.42 Å². The minimum atomic E-state index is -0.596. The summed E-state index contributed by atoms with van der Waals surface area (Å²) < 4.78 is 6.12. The molecule has 0 saturated heterocycles. The molecule has 0 bridgehead atoms. The van der Waals surface area contributed by atoms with E-state index in [0.717, 1.165) is 0 Å². The van der Waals surface area contributed by atoms with Crippen LogP contribution >= 0.6 is 11.6 Å². The van der Waals surface area contributed by atoms with Gasteiger partial charge in [-0.15, -0.1) is 0 Å². The quantitative estimate of drug-likeness (QED) is 0.0389. The minimum absolute atomic E-state index is 0.0195. The molecule has 0 aromatic carbocycles. The zero-order chi connectivity index (χ0) is 35.3. The van der Waals surface area contributed by atoms with Crippen LogP contribution < -0.4 is 32.3 Å². The molecule has 4 aromatic heterocycles. The molecule has 252 valence electrons. The maximum Gasteiger partial charge on any atom is 0.272 e. The first kappa shape index (κ1) is 34.6. The fraction of sp³-hybridized carbons (Fsp3) is 0.200. The lowest BCUT2D eigenvalue weighted by Gasteiger charge is -2.04. The van der Waals surface area contributed by atoms with E-state index in [9.17, 15) is 24.0 Å². The number of aromatic nitrogens is 4. The molecule has 48 heavy (non-hydrogen) atoms. The number of nitrogens with zero attached hydrogens (tertiary/aromatic N) is 5. The van der Waals surface area contributed by atoms with Gasteiger partial charge in [-0.3, -0.25) is 24.0 Å². The van der Waals surface area contributed by atoms with Crippen molar-refractivity contribution in [3.05, 3.63) is 83.4 Å². The standard InChI is InChI=1S/C30H34ClN11O6/c1-16(31)26(43)34-17-9-22(40(3)12-17)28(45)36-19-11-24(42(5)14-19)30(47)37-20-10-23(41(4)15-20)29(46)35-18-8-21(39(2)13-18)27(44)33-7-6-25(32)38-48/h8-15,48H,1,6-7H2,2-5H3,(H2,32,38)(H,33,44)(H,34,43)(H,35,46)(H,36,45)(H,37,47). The first-order chi connectivity index (χ1) is 22.7.